The zero-order valence-electron chi connectivity index (χ0n) is 7.93. The van der Waals surface area contributed by atoms with Gasteiger partial charge in [-0.2, -0.15) is 0 Å². The van der Waals surface area contributed by atoms with Crippen molar-refractivity contribution in [1.82, 2.24) is 0 Å². The van der Waals surface area contributed by atoms with Crippen LogP contribution in [0.15, 0.2) is 33.5 Å². The number of rotatable bonds is 2. The Bertz CT molecular complexity index is 473. The van der Waals surface area contributed by atoms with E-state index >= 15 is 0 Å². The molecular weight excluding hydrogens is 202 g/mol. The van der Waals surface area contributed by atoms with Gasteiger partial charge in [0, 0.05) is 13.3 Å². The molecule has 0 heterocycles. The fraction of sp³-hybridized carbons (Fsp3) is 0.222. The highest BCUT2D eigenvalue weighted by atomic mass is 32.2. The van der Waals surface area contributed by atoms with Crippen molar-refractivity contribution >= 4 is 15.7 Å². The van der Waals surface area contributed by atoms with E-state index in [9.17, 15) is 9.00 Å². The Labute approximate surface area is 82.8 Å². The molecule has 0 aliphatic heterocycles. The van der Waals surface area contributed by atoms with E-state index < -0.39 is 15.7 Å². The fourth-order valence-electron chi connectivity index (χ4n) is 1.07. The second kappa shape index (κ2) is 3.79. The molecule has 14 heavy (non-hydrogen) atoms. The maximum atomic E-state index is 11.9. The first-order valence-electron chi connectivity index (χ1n) is 3.91. The first-order chi connectivity index (χ1) is 6.49. The number of hydrogen-bond donors (Lipinski definition) is 1. The van der Waals surface area contributed by atoms with Crippen LogP contribution in [0.25, 0.3) is 0 Å². The Morgan fingerprint density at radius 2 is 2.00 bits per heavy atom. The molecule has 0 spiro atoms. The first kappa shape index (κ1) is 10.7. The molecule has 1 unspecified atom stereocenters. The van der Waals surface area contributed by atoms with E-state index in [2.05, 4.69) is 4.36 Å². The molecule has 0 aliphatic carbocycles. The van der Waals surface area contributed by atoms with Crippen LogP contribution in [0.3, 0.4) is 0 Å². The molecule has 0 bridgehead atoms. The lowest BCUT2D eigenvalue weighted by atomic mass is 10.2. The summed E-state index contributed by atoms with van der Waals surface area (Å²) in [5.74, 6) is -1.08. The van der Waals surface area contributed by atoms with Crippen LogP contribution in [0, 0.1) is 0 Å². The summed E-state index contributed by atoms with van der Waals surface area (Å²) in [6, 6.07) is 6.19. The minimum atomic E-state index is -2.58. The van der Waals surface area contributed by atoms with Crippen LogP contribution in [0.2, 0.25) is 0 Å². The lowest BCUT2D eigenvalue weighted by Gasteiger charge is -2.06. The lowest BCUT2D eigenvalue weighted by molar-refractivity contribution is 0.0693. The summed E-state index contributed by atoms with van der Waals surface area (Å²) in [7, 11) is -1.16. The van der Waals surface area contributed by atoms with Gasteiger partial charge in [-0.1, -0.05) is 12.1 Å². The molecule has 1 rings (SSSR count). The first-order valence-corrected chi connectivity index (χ1v) is 5.84. The fourth-order valence-corrected chi connectivity index (χ4v) is 2.16. The summed E-state index contributed by atoms with van der Waals surface area (Å²) in [5.41, 5.74) is 0.0469. The van der Waals surface area contributed by atoms with Gasteiger partial charge in [0.2, 0.25) is 0 Å². The topological polar surface area (TPSA) is 66.7 Å². The third-order valence-electron chi connectivity index (χ3n) is 1.87. The predicted octanol–water partition coefficient (Wildman–Crippen LogP) is 1.47. The summed E-state index contributed by atoms with van der Waals surface area (Å²) in [4.78, 5) is 11.1. The summed E-state index contributed by atoms with van der Waals surface area (Å²) in [6.45, 7) is 0. The van der Waals surface area contributed by atoms with Crippen molar-refractivity contribution in [3.05, 3.63) is 29.8 Å². The second-order valence-electron chi connectivity index (χ2n) is 2.79. The van der Waals surface area contributed by atoms with Crippen LogP contribution in [0.1, 0.15) is 10.4 Å². The normalized spacial score (nSPS) is 14.4. The molecule has 1 aromatic carbocycles. The van der Waals surface area contributed by atoms with Gasteiger partial charge in [-0.25, -0.2) is 13.4 Å². The van der Waals surface area contributed by atoms with Gasteiger partial charge in [-0.15, -0.1) is 0 Å². The molecule has 0 aromatic heterocycles. The van der Waals surface area contributed by atoms with Crippen molar-refractivity contribution in [2.24, 2.45) is 4.36 Å². The molecule has 0 fully saturated rings. The number of carbonyl (C=O) groups is 1. The van der Waals surface area contributed by atoms with E-state index in [1.54, 1.807) is 12.1 Å². The van der Waals surface area contributed by atoms with Gasteiger partial charge in [0.05, 0.1) is 20.2 Å². The molecular formula is C9H11NO3S. The minimum Gasteiger partial charge on any atom is -0.478 e. The van der Waals surface area contributed by atoms with Gasteiger partial charge in [0.1, 0.15) is 0 Å². The second-order valence-corrected chi connectivity index (χ2v) is 5.20. The van der Waals surface area contributed by atoms with Crippen LogP contribution < -0.4 is 0 Å². The van der Waals surface area contributed by atoms with Gasteiger partial charge in [0.25, 0.3) is 0 Å². The third-order valence-corrected chi connectivity index (χ3v) is 3.74. The number of hydrogen-bond acceptors (Lipinski definition) is 3. The monoisotopic (exact) mass is 213 g/mol. The molecule has 0 radical (unpaired) electrons. The van der Waals surface area contributed by atoms with E-state index in [-0.39, 0.29) is 10.5 Å². The van der Waals surface area contributed by atoms with Crippen molar-refractivity contribution in [3.8, 4) is 0 Å². The maximum Gasteiger partial charge on any atom is 0.336 e. The van der Waals surface area contributed by atoms with Crippen molar-refractivity contribution in [2.75, 3.05) is 13.3 Å². The van der Waals surface area contributed by atoms with Gasteiger partial charge in [-0.3, -0.25) is 0 Å². The van der Waals surface area contributed by atoms with Crippen molar-refractivity contribution in [3.63, 3.8) is 0 Å². The molecule has 0 saturated carbocycles. The van der Waals surface area contributed by atoms with Crippen LogP contribution in [-0.4, -0.2) is 28.6 Å². The van der Waals surface area contributed by atoms with Crippen LogP contribution in [-0.2, 0) is 9.73 Å². The van der Waals surface area contributed by atoms with Crippen LogP contribution in [0.4, 0.5) is 0 Å². The zero-order valence-corrected chi connectivity index (χ0v) is 8.75. The van der Waals surface area contributed by atoms with E-state index in [1.165, 1.54) is 25.4 Å². The van der Waals surface area contributed by atoms with E-state index in [4.69, 9.17) is 5.11 Å². The van der Waals surface area contributed by atoms with Crippen molar-refractivity contribution in [2.45, 2.75) is 4.90 Å². The largest absolute Gasteiger partial charge is 0.478 e. The number of benzene rings is 1. The highest BCUT2D eigenvalue weighted by Gasteiger charge is 2.15. The lowest BCUT2D eigenvalue weighted by Crippen LogP contribution is -2.06. The Kier molecular flexibility index (Phi) is 2.90. The molecule has 0 amide bonds. The smallest absolute Gasteiger partial charge is 0.336 e. The van der Waals surface area contributed by atoms with Gasteiger partial charge < -0.3 is 5.11 Å². The molecule has 76 valence electrons. The molecule has 0 saturated heterocycles. The summed E-state index contributed by atoms with van der Waals surface area (Å²) >= 11 is 0. The summed E-state index contributed by atoms with van der Waals surface area (Å²) in [6.07, 6.45) is 1.43. The Balaban J connectivity index is 3.51. The van der Waals surface area contributed by atoms with E-state index in [0.29, 0.717) is 0 Å². The highest BCUT2D eigenvalue weighted by Crippen LogP contribution is 2.16. The Hall–Kier alpha value is -1.36. The highest BCUT2D eigenvalue weighted by molar-refractivity contribution is 7.93. The maximum absolute atomic E-state index is 11.9. The number of carboxylic acids is 1. The zero-order chi connectivity index (χ0) is 10.8. The van der Waals surface area contributed by atoms with Crippen molar-refractivity contribution in [1.29, 1.82) is 0 Å². The molecule has 1 N–H and O–H groups in total. The molecule has 1 atom stereocenters. The molecule has 0 aliphatic rings. The number of carboxylic acid groups (broad SMARTS) is 1. The standard InChI is InChI=1S/C9H11NO3S/c1-10-14(2,13)8-6-4-3-5-7(8)9(11)12/h3-6H,1-2H3,(H,11,12). The van der Waals surface area contributed by atoms with Crippen LogP contribution in [0.5, 0.6) is 0 Å². The quantitative estimate of drug-likeness (QED) is 0.809. The average molecular weight is 213 g/mol. The molecule has 4 nitrogen and oxygen atoms in total. The van der Waals surface area contributed by atoms with Gasteiger partial charge in [0.15, 0.2) is 0 Å². The average Bonchev–Trinajstić information content (AvgIpc) is 2.18. The third kappa shape index (κ3) is 1.93. The minimum absolute atomic E-state index is 0.0469. The number of aromatic carboxylic acids is 1. The predicted molar refractivity (Wildman–Crippen MR) is 54.1 cm³/mol. The van der Waals surface area contributed by atoms with E-state index in [0.717, 1.165) is 0 Å². The molecule has 5 heteroatoms. The van der Waals surface area contributed by atoms with E-state index in [1.807, 2.05) is 0 Å². The van der Waals surface area contributed by atoms with Gasteiger partial charge in [-0.05, 0) is 12.1 Å². The van der Waals surface area contributed by atoms with Crippen molar-refractivity contribution < 1.29 is 14.1 Å². The number of nitrogens with zero attached hydrogens (tertiary/aromatic N) is 1. The van der Waals surface area contributed by atoms with Gasteiger partial charge >= 0.3 is 5.97 Å². The van der Waals surface area contributed by atoms with Crippen LogP contribution >= 0.6 is 0 Å². The summed E-state index contributed by atoms with van der Waals surface area (Å²) in [5, 5.41) is 8.86. The SMILES string of the molecule is CN=S(C)(=O)c1ccccc1C(=O)O. The summed E-state index contributed by atoms with van der Waals surface area (Å²) < 4.78 is 15.5. The Morgan fingerprint density at radius 1 is 1.43 bits per heavy atom. The molecule has 1 aromatic rings. The Morgan fingerprint density at radius 3 is 2.50 bits per heavy atom.